The Kier molecular flexibility index (Phi) is 9.54. The summed E-state index contributed by atoms with van der Waals surface area (Å²) in [5.41, 5.74) is 1.65. The van der Waals surface area contributed by atoms with Crippen molar-refractivity contribution in [2.45, 2.75) is 32.5 Å². The van der Waals surface area contributed by atoms with Gasteiger partial charge >= 0.3 is 0 Å². The summed E-state index contributed by atoms with van der Waals surface area (Å²) in [7, 11) is 0. The summed E-state index contributed by atoms with van der Waals surface area (Å²) in [5, 5.41) is 17.4. The molecule has 2 heterocycles. The molecule has 0 radical (unpaired) electrons. The molecule has 1 aromatic rings. The van der Waals surface area contributed by atoms with E-state index >= 15 is 0 Å². The number of benzene rings is 1. The number of nitrogens with one attached hydrogen (secondary N) is 2. The minimum atomic E-state index is -0.842. The van der Waals surface area contributed by atoms with Crippen molar-refractivity contribution in [1.82, 2.24) is 20.4 Å². The van der Waals surface area contributed by atoms with Crippen LogP contribution in [-0.4, -0.2) is 98.7 Å². The third kappa shape index (κ3) is 8.74. The molecule has 2 fully saturated rings. The number of hydrogen-bond acceptors (Lipinski definition) is 6. The summed E-state index contributed by atoms with van der Waals surface area (Å²) < 4.78 is 10.8. The molecule has 1 aromatic carbocycles. The van der Waals surface area contributed by atoms with E-state index in [1.165, 1.54) is 11.1 Å². The standard InChI is InChI=1S/C23H39N5O3/c1-3-24-22(26-18-23(2,29)19-28-9-13-31-14-10-28)25-16-20-5-4-6-21(15-20)17-27-7-11-30-12-8-27/h4-6,15,29H,3,7-14,16-19H2,1-2H3,(H2,24,25,26). The Hall–Kier alpha value is -1.71. The Morgan fingerprint density at radius 3 is 2.35 bits per heavy atom. The predicted molar refractivity (Wildman–Crippen MR) is 123 cm³/mol. The van der Waals surface area contributed by atoms with Gasteiger partial charge in [0.25, 0.3) is 0 Å². The molecule has 0 aliphatic carbocycles. The lowest BCUT2D eigenvalue weighted by atomic mass is 10.1. The molecule has 0 bridgehead atoms. The van der Waals surface area contributed by atoms with Gasteiger partial charge in [0.1, 0.15) is 0 Å². The van der Waals surface area contributed by atoms with Crippen molar-refractivity contribution in [2.75, 3.05) is 72.2 Å². The van der Waals surface area contributed by atoms with Crippen LogP contribution in [-0.2, 0) is 22.6 Å². The van der Waals surface area contributed by atoms with E-state index in [0.29, 0.717) is 19.6 Å². The minimum Gasteiger partial charge on any atom is -0.387 e. The number of aliphatic imine (C=N–C) groups is 1. The zero-order chi connectivity index (χ0) is 21.9. The summed E-state index contributed by atoms with van der Waals surface area (Å²) in [4.78, 5) is 9.41. The van der Waals surface area contributed by atoms with Crippen molar-refractivity contribution >= 4 is 5.96 Å². The number of rotatable bonds is 9. The van der Waals surface area contributed by atoms with E-state index in [2.05, 4.69) is 44.7 Å². The number of morpholine rings is 2. The molecule has 1 atom stereocenters. The second-order valence-electron chi connectivity index (χ2n) is 8.64. The summed E-state index contributed by atoms with van der Waals surface area (Å²) in [6.45, 7) is 14.1. The van der Waals surface area contributed by atoms with E-state index in [9.17, 15) is 5.11 Å². The third-order valence-electron chi connectivity index (χ3n) is 5.57. The van der Waals surface area contributed by atoms with E-state index in [1.807, 2.05) is 13.8 Å². The normalized spacial score (nSPS) is 20.9. The first-order valence-corrected chi connectivity index (χ1v) is 11.5. The van der Waals surface area contributed by atoms with Gasteiger partial charge in [0.15, 0.2) is 5.96 Å². The Morgan fingerprint density at radius 2 is 1.68 bits per heavy atom. The average Bonchev–Trinajstić information content (AvgIpc) is 2.77. The van der Waals surface area contributed by atoms with Crippen LogP contribution in [0, 0.1) is 0 Å². The van der Waals surface area contributed by atoms with E-state index < -0.39 is 5.60 Å². The van der Waals surface area contributed by atoms with E-state index in [-0.39, 0.29) is 0 Å². The molecular weight excluding hydrogens is 394 g/mol. The van der Waals surface area contributed by atoms with E-state index in [0.717, 1.165) is 71.7 Å². The molecule has 2 saturated heterocycles. The highest BCUT2D eigenvalue weighted by Gasteiger charge is 2.25. The minimum absolute atomic E-state index is 0.438. The quantitative estimate of drug-likeness (QED) is 0.390. The van der Waals surface area contributed by atoms with Gasteiger partial charge in [-0.25, -0.2) is 4.99 Å². The van der Waals surface area contributed by atoms with Crippen molar-refractivity contribution in [1.29, 1.82) is 0 Å². The van der Waals surface area contributed by atoms with Gasteiger partial charge in [-0.1, -0.05) is 24.3 Å². The van der Waals surface area contributed by atoms with E-state index in [1.54, 1.807) is 0 Å². The molecule has 8 nitrogen and oxygen atoms in total. The van der Waals surface area contributed by atoms with Crippen LogP contribution >= 0.6 is 0 Å². The zero-order valence-electron chi connectivity index (χ0n) is 19.1. The van der Waals surface area contributed by atoms with Crippen molar-refractivity contribution in [3.05, 3.63) is 35.4 Å². The first-order valence-electron chi connectivity index (χ1n) is 11.5. The Bertz CT molecular complexity index is 686. The number of β-amino-alcohol motifs (C(OH)–C–C–N with tert-alkyl or cyclic N) is 1. The monoisotopic (exact) mass is 433 g/mol. The van der Waals surface area contributed by atoms with Gasteiger partial charge in [-0.15, -0.1) is 0 Å². The second kappa shape index (κ2) is 12.4. The molecule has 8 heteroatoms. The van der Waals surface area contributed by atoms with Crippen LogP contribution in [0.4, 0.5) is 0 Å². The first-order chi connectivity index (χ1) is 15.0. The van der Waals surface area contributed by atoms with Crippen molar-refractivity contribution in [3.8, 4) is 0 Å². The summed E-state index contributed by atoms with van der Waals surface area (Å²) in [6, 6.07) is 8.63. The fourth-order valence-corrected chi connectivity index (χ4v) is 3.93. The summed E-state index contributed by atoms with van der Waals surface area (Å²) >= 11 is 0. The summed E-state index contributed by atoms with van der Waals surface area (Å²) in [5.74, 6) is 0.725. The molecule has 0 aromatic heterocycles. The molecule has 2 aliphatic heterocycles. The van der Waals surface area contributed by atoms with E-state index in [4.69, 9.17) is 14.5 Å². The predicted octanol–water partition coefficient (Wildman–Crippen LogP) is 0.657. The lowest BCUT2D eigenvalue weighted by Gasteiger charge is -2.34. The van der Waals surface area contributed by atoms with Crippen molar-refractivity contribution in [2.24, 2.45) is 4.99 Å². The number of hydrogen-bond donors (Lipinski definition) is 3. The number of ether oxygens (including phenoxy) is 2. The molecule has 0 amide bonds. The molecule has 1 unspecified atom stereocenters. The van der Waals surface area contributed by atoms with Crippen molar-refractivity contribution in [3.63, 3.8) is 0 Å². The van der Waals surface area contributed by atoms with Gasteiger partial charge in [-0.05, 0) is 25.0 Å². The number of guanidine groups is 1. The fourth-order valence-electron chi connectivity index (χ4n) is 3.93. The van der Waals surface area contributed by atoms with Crippen LogP contribution in [0.3, 0.4) is 0 Å². The Morgan fingerprint density at radius 1 is 1.03 bits per heavy atom. The Labute approximate surface area is 186 Å². The van der Waals surface area contributed by atoms with Gasteiger partial charge in [0.2, 0.25) is 0 Å². The third-order valence-corrected chi connectivity index (χ3v) is 5.57. The number of nitrogens with zero attached hydrogens (tertiary/aromatic N) is 3. The van der Waals surface area contributed by atoms with Gasteiger partial charge < -0.3 is 25.2 Å². The van der Waals surface area contributed by atoms with Gasteiger partial charge in [-0.3, -0.25) is 9.80 Å². The Balaban J connectivity index is 1.51. The van der Waals surface area contributed by atoms with Crippen LogP contribution in [0.25, 0.3) is 0 Å². The zero-order valence-corrected chi connectivity index (χ0v) is 19.1. The highest BCUT2D eigenvalue weighted by atomic mass is 16.5. The average molecular weight is 434 g/mol. The van der Waals surface area contributed by atoms with Crippen LogP contribution in [0.1, 0.15) is 25.0 Å². The highest BCUT2D eigenvalue weighted by molar-refractivity contribution is 5.79. The van der Waals surface area contributed by atoms with Crippen LogP contribution in [0.2, 0.25) is 0 Å². The molecule has 0 saturated carbocycles. The number of aliphatic hydroxyl groups is 1. The van der Waals surface area contributed by atoms with Gasteiger partial charge in [0.05, 0.1) is 38.6 Å². The lowest BCUT2D eigenvalue weighted by Crippen LogP contribution is -2.52. The molecule has 31 heavy (non-hydrogen) atoms. The molecule has 174 valence electrons. The molecule has 0 spiro atoms. The van der Waals surface area contributed by atoms with Crippen LogP contribution in [0.15, 0.2) is 29.3 Å². The van der Waals surface area contributed by atoms with Gasteiger partial charge in [0, 0.05) is 52.4 Å². The van der Waals surface area contributed by atoms with Crippen molar-refractivity contribution < 1.29 is 14.6 Å². The second-order valence-corrected chi connectivity index (χ2v) is 8.64. The highest BCUT2D eigenvalue weighted by Crippen LogP contribution is 2.11. The smallest absolute Gasteiger partial charge is 0.191 e. The summed E-state index contributed by atoms with van der Waals surface area (Å²) in [6.07, 6.45) is 0. The topological polar surface area (TPSA) is 81.6 Å². The molecule has 2 aliphatic rings. The maximum absolute atomic E-state index is 10.8. The lowest BCUT2D eigenvalue weighted by molar-refractivity contribution is -0.0201. The van der Waals surface area contributed by atoms with Crippen LogP contribution < -0.4 is 10.6 Å². The maximum Gasteiger partial charge on any atom is 0.191 e. The largest absolute Gasteiger partial charge is 0.387 e. The molecule has 3 N–H and O–H groups in total. The molecular formula is C23H39N5O3. The van der Waals surface area contributed by atoms with Crippen LogP contribution in [0.5, 0.6) is 0 Å². The maximum atomic E-state index is 10.8. The molecule has 3 rings (SSSR count). The van der Waals surface area contributed by atoms with Gasteiger partial charge in [-0.2, -0.15) is 0 Å². The fraction of sp³-hybridized carbons (Fsp3) is 0.696. The SMILES string of the molecule is CCNC(=NCc1cccc(CN2CCOCC2)c1)NCC(C)(O)CN1CCOCC1. The first kappa shape index (κ1) is 23.9.